The van der Waals surface area contributed by atoms with Crippen LogP contribution >= 0.6 is 0 Å². The SMILES string of the molecule is c1ccc(Oc2cccc(Cc3cc4c(cn3)[nH]c3ccccc34)c2)cc1. The summed E-state index contributed by atoms with van der Waals surface area (Å²) in [5, 5.41) is 2.45. The Morgan fingerprint density at radius 1 is 0.704 bits per heavy atom. The van der Waals surface area contributed by atoms with Crippen LogP contribution in [0.5, 0.6) is 11.5 Å². The lowest BCUT2D eigenvalue weighted by Gasteiger charge is -2.08. The molecule has 3 aromatic carbocycles. The van der Waals surface area contributed by atoms with Gasteiger partial charge in [0, 0.05) is 28.4 Å². The molecule has 1 N–H and O–H groups in total. The van der Waals surface area contributed by atoms with Crippen molar-refractivity contribution in [1.29, 1.82) is 0 Å². The zero-order valence-electron chi connectivity index (χ0n) is 14.7. The number of aromatic amines is 1. The van der Waals surface area contributed by atoms with E-state index >= 15 is 0 Å². The normalized spacial score (nSPS) is 11.1. The van der Waals surface area contributed by atoms with E-state index in [9.17, 15) is 0 Å². The number of hydrogen-bond donors (Lipinski definition) is 1. The molecule has 0 radical (unpaired) electrons. The van der Waals surface area contributed by atoms with Gasteiger partial charge in [-0.3, -0.25) is 4.98 Å². The Kier molecular flexibility index (Phi) is 3.83. The van der Waals surface area contributed by atoms with Gasteiger partial charge in [-0.2, -0.15) is 0 Å². The zero-order chi connectivity index (χ0) is 18.1. The molecule has 27 heavy (non-hydrogen) atoms. The summed E-state index contributed by atoms with van der Waals surface area (Å²) in [4.78, 5) is 8.06. The molecule has 0 saturated carbocycles. The van der Waals surface area contributed by atoms with Gasteiger partial charge in [-0.1, -0.05) is 48.5 Å². The maximum Gasteiger partial charge on any atom is 0.127 e. The molecule has 3 heteroatoms. The fourth-order valence-corrected chi connectivity index (χ4v) is 3.44. The van der Waals surface area contributed by atoms with Gasteiger partial charge >= 0.3 is 0 Å². The van der Waals surface area contributed by atoms with Crippen LogP contribution in [0.25, 0.3) is 21.8 Å². The minimum absolute atomic E-state index is 0.765. The van der Waals surface area contributed by atoms with Crippen molar-refractivity contribution in [2.24, 2.45) is 0 Å². The molecule has 0 aliphatic carbocycles. The van der Waals surface area contributed by atoms with E-state index in [1.165, 1.54) is 16.3 Å². The highest BCUT2D eigenvalue weighted by molar-refractivity contribution is 6.06. The first-order valence-electron chi connectivity index (χ1n) is 9.02. The molecule has 3 nitrogen and oxygen atoms in total. The summed E-state index contributed by atoms with van der Waals surface area (Å²) in [6, 6.07) is 28.6. The number of H-pyrrole nitrogens is 1. The topological polar surface area (TPSA) is 37.9 Å². The molecule has 0 spiro atoms. The molecule has 130 valence electrons. The number of hydrogen-bond acceptors (Lipinski definition) is 2. The standard InChI is InChI=1S/C24H18N2O/c1-2-8-19(9-3-1)27-20-10-6-7-17(14-20)13-18-15-22-21-11-4-5-12-23(21)26-24(22)16-25-18/h1-12,14-16,26H,13H2. The summed E-state index contributed by atoms with van der Waals surface area (Å²) in [6.07, 6.45) is 2.69. The Morgan fingerprint density at radius 2 is 1.52 bits per heavy atom. The minimum atomic E-state index is 0.765. The van der Waals surface area contributed by atoms with Gasteiger partial charge in [0.15, 0.2) is 0 Å². The summed E-state index contributed by atoms with van der Waals surface area (Å²) in [7, 11) is 0. The molecule has 0 saturated heterocycles. The van der Waals surface area contributed by atoms with Crippen LogP contribution in [0.2, 0.25) is 0 Å². The number of para-hydroxylation sites is 2. The quantitative estimate of drug-likeness (QED) is 0.425. The number of ether oxygens (including phenoxy) is 1. The van der Waals surface area contributed by atoms with Crippen LogP contribution < -0.4 is 4.74 Å². The molecule has 2 heterocycles. The van der Waals surface area contributed by atoms with Gasteiger partial charge in [-0.25, -0.2) is 0 Å². The van der Waals surface area contributed by atoms with E-state index in [1.54, 1.807) is 0 Å². The van der Waals surface area contributed by atoms with Crippen molar-refractivity contribution in [1.82, 2.24) is 9.97 Å². The lowest BCUT2D eigenvalue weighted by atomic mass is 10.1. The highest BCUT2D eigenvalue weighted by atomic mass is 16.5. The summed E-state index contributed by atoms with van der Waals surface area (Å²) < 4.78 is 5.95. The monoisotopic (exact) mass is 350 g/mol. The van der Waals surface area contributed by atoms with E-state index in [0.29, 0.717) is 0 Å². The molecule has 0 unspecified atom stereocenters. The minimum Gasteiger partial charge on any atom is -0.457 e. The van der Waals surface area contributed by atoms with Crippen molar-refractivity contribution >= 4 is 21.8 Å². The van der Waals surface area contributed by atoms with Crippen molar-refractivity contribution < 1.29 is 4.74 Å². The molecule has 5 rings (SSSR count). The van der Waals surface area contributed by atoms with Gasteiger partial charge in [0.25, 0.3) is 0 Å². The highest BCUT2D eigenvalue weighted by Gasteiger charge is 2.07. The van der Waals surface area contributed by atoms with Crippen LogP contribution in [0.15, 0.2) is 91.1 Å². The van der Waals surface area contributed by atoms with Crippen molar-refractivity contribution in [3.8, 4) is 11.5 Å². The van der Waals surface area contributed by atoms with Crippen LogP contribution in [0, 0.1) is 0 Å². The smallest absolute Gasteiger partial charge is 0.127 e. The van der Waals surface area contributed by atoms with Crippen LogP contribution in [0.3, 0.4) is 0 Å². The third-order valence-electron chi connectivity index (χ3n) is 4.71. The summed E-state index contributed by atoms with van der Waals surface area (Å²) >= 11 is 0. The van der Waals surface area contributed by atoms with E-state index in [0.717, 1.165) is 34.6 Å². The zero-order valence-corrected chi connectivity index (χ0v) is 14.7. The fourth-order valence-electron chi connectivity index (χ4n) is 3.44. The second-order valence-electron chi connectivity index (χ2n) is 6.63. The number of fused-ring (bicyclic) bond motifs is 3. The number of rotatable bonds is 4. The summed E-state index contributed by atoms with van der Waals surface area (Å²) in [5.41, 5.74) is 4.44. The largest absolute Gasteiger partial charge is 0.457 e. The molecule has 0 bridgehead atoms. The highest BCUT2D eigenvalue weighted by Crippen LogP contribution is 2.27. The maximum absolute atomic E-state index is 5.95. The second-order valence-corrected chi connectivity index (χ2v) is 6.63. The Labute approximate surface area is 157 Å². The van der Waals surface area contributed by atoms with E-state index in [1.807, 2.05) is 54.7 Å². The van der Waals surface area contributed by atoms with Gasteiger partial charge in [-0.15, -0.1) is 0 Å². The number of aromatic nitrogens is 2. The van der Waals surface area contributed by atoms with Crippen molar-refractivity contribution in [2.75, 3.05) is 0 Å². The van der Waals surface area contributed by atoms with Gasteiger partial charge in [0.1, 0.15) is 11.5 Å². The molecule has 0 atom stereocenters. The molecule has 0 aliphatic rings. The number of nitrogens with zero attached hydrogens (tertiary/aromatic N) is 1. The van der Waals surface area contributed by atoms with Crippen LogP contribution in [-0.4, -0.2) is 9.97 Å². The Bertz CT molecular complexity index is 1230. The number of nitrogens with one attached hydrogen (secondary N) is 1. The van der Waals surface area contributed by atoms with Crippen molar-refractivity contribution in [2.45, 2.75) is 6.42 Å². The van der Waals surface area contributed by atoms with Crippen molar-refractivity contribution in [3.05, 3.63) is 102 Å². The predicted molar refractivity (Wildman–Crippen MR) is 109 cm³/mol. The van der Waals surface area contributed by atoms with E-state index in [4.69, 9.17) is 4.74 Å². The molecule has 5 aromatic rings. The molecule has 0 aliphatic heterocycles. The second kappa shape index (κ2) is 6.61. The van der Waals surface area contributed by atoms with E-state index in [2.05, 4.69) is 46.4 Å². The summed E-state index contributed by atoms with van der Waals surface area (Å²) in [5.74, 6) is 1.68. The van der Waals surface area contributed by atoms with Gasteiger partial charge in [0.05, 0.1) is 11.7 Å². The van der Waals surface area contributed by atoms with Gasteiger partial charge in [0.2, 0.25) is 0 Å². The average Bonchev–Trinajstić information content (AvgIpc) is 3.07. The van der Waals surface area contributed by atoms with Gasteiger partial charge < -0.3 is 9.72 Å². The predicted octanol–water partition coefficient (Wildman–Crippen LogP) is 6.10. The first-order valence-corrected chi connectivity index (χ1v) is 9.02. The summed E-state index contributed by atoms with van der Waals surface area (Å²) in [6.45, 7) is 0. The molecule has 0 amide bonds. The van der Waals surface area contributed by atoms with Gasteiger partial charge in [-0.05, 0) is 42.0 Å². The molecular formula is C24H18N2O. The lowest BCUT2D eigenvalue weighted by molar-refractivity contribution is 0.482. The van der Waals surface area contributed by atoms with E-state index < -0.39 is 0 Å². The Balaban J connectivity index is 1.44. The van der Waals surface area contributed by atoms with E-state index in [-0.39, 0.29) is 0 Å². The van der Waals surface area contributed by atoms with Crippen molar-refractivity contribution in [3.63, 3.8) is 0 Å². The molecule has 2 aromatic heterocycles. The molecule has 0 fully saturated rings. The third kappa shape index (κ3) is 3.15. The fraction of sp³-hybridized carbons (Fsp3) is 0.0417. The average molecular weight is 350 g/mol. The Hall–Kier alpha value is -3.59. The Morgan fingerprint density at radius 3 is 2.44 bits per heavy atom. The number of pyridine rings is 1. The third-order valence-corrected chi connectivity index (χ3v) is 4.71. The number of benzene rings is 3. The molecular weight excluding hydrogens is 332 g/mol. The van der Waals surface area contributed by atoms with Crippen LogP contribution in [-0.2, 0) is 6.42 Å². The lowest BCUT2D eigenvalue weighted by Crippen LogP contribution is -1.93. The van der Waals surface area contributed by atoms with Crippen LogP contribution in [0.4, 0.5) is 0 Å². The van der Waals surface area contributed by atoms with Crippen LogP contribution in [0.1, 0.15) is 11.3 Å². The first-order chi connectivity index (χ1) is 13.3. The maximum atomic E-state index is 5.95. The first kappa shape index (κ1) is 15.6.